The number of halogens is 1. The average molecular weight is 531 g/mol. The highest BCUT2D eigenvalue weighted by Gasteiger charge is 2.19. The van der Waals surface area contributed by atoms with Crippen LogP contribution in [0.1, 0.15) is 41.0 Å². The largest absolute Gasteiger partial charge is 0.491 e. The summed E-state index contributed by atoms with van der Waals surface area (Å²) in [4.78, 5) is 19.0. The van der Waals surface area contributed by atoms with Gasteiger partial charge in [-0.15, -0.1) is 24.0 Å². The number of benzene rings is 1. The zero-order chi connectivity index (χ0) is 21.4. The molecule has 1 heterocycles. The van der Waals surface area contributed by atoms with Gasteiger partial charge < -0.3 is 25.6 Å². The average Bonchev–Trinajstić information content (AvgIpc) is 3.02. The molecule has 1 saturated heterocycles. The minimum absolute atomic E-state index is 0. The first-order chi connectivity index (χ1) is 13.6. The van der Waals surface area contributed by atoms with Crippen molar-refractivity contribution in [3.63, 3.8) is 0 Å². The van der Waals surface area contributed by atoms with Crippen LogP contribution in [0.15, 0.2) is 29.3 Å². The molecule has 1 unspecified atom stereocenters. The first kappa shape index (κ1) is 26.5. The molecule has 1 amide bonds. The fraction of sp³-hybridized carbons (Fsp3) is 0.636. The third kappa shape index (κ3) is 10.5. The number of anilines is 1. The summed E-state index contributed by atoms with van der Waals surface area (Å²) in [6.45, 7) is 13.0. The Labute approximate surface area is 198 Å². The number of carbonyl (C=O) groups excluding carboxylic acids is 1. The van der Waals surface area contributed by atoms with Gasteiger partial charge in [-0.25, -0.2) is 4.99 Å². The Kier molecular flexibility index (Phi) is 10.9. The number of nitrogens with zero attached hydrogens (tertiary/aromatic N) is 2. The second kappa shape index (κ2) is 12.3. The Balaban J connectivity index is 0.00000450. The van der Waals surface area contributed by atoms with Crippen molar-refractivity contribution in [1.82, 2.24) is 15.5 Å². The molecule has 30 heavy (non-hydrogen) atoms. The predicted molar refractivity (Wildman–Crippen MR) is 135 cm³/mol. The SMILES string of the molecule is CC(C)Oc1ccc(NC(=NCC(=O)NC(C)(C)C)NCC2CCN(C)C2)cc1.I. The minimum atomic E-state index is -0.270. The molecule has 170 valence electrons. The Bertz CT molecular complexity index is 686. The summed E-state index contributed by atoms with van der Waals surface area (Å²) < 4.78 is 5.69. The van der Waals surface area contributed by atoms with Gasteiger partial charge >= 0.3 is 0 Å². The highest BCUT2D eigenvalue weighted by atomic mass is 127. The number of ether oxygens (including phenoxy) is 1. The molecule has 0 spiro atoms. The molecule has 1 fully saturated rings. The number of carbonyl (C=O) groups is 1. The molecule has 0 aliphatic carbocycles. The van der Waals surface area contributed by atoms with Gasteiger partial charge in [-0.05, 0) is 84.8 Å². The van der Waals surface area contributed by atoms with Gasteiger partial charge in [0.25, 0.3) is 0 Å². The molecule has 8 heteroatoms. The van der Waals surface area contributed by atoms with Crippen LogP contribution in [-0.2, 0) is 4.79 Å². The Hall–Kier alpha value is -1.55. The molecular formula is C22H38IN5O2. The lowest BCUT2D eigenvalue weighted by Crippen LogP contribution is -2.42. The molecule has 0 saturated carbocycles. The maximum atomic E-state index is 12.2. The molecule has 0 aromatic heterocycles. The van der Waals surface area contributed by atoms with Crippen molar-refractivity contribution in [1.29, 1.82) is 0 Å². The number of aliphatic imine (C=N–C) groups is 1. The summed E-state index contributed by atoms with van der Waals surface area (Å²) in [6, 6.07) is 7.76. The maximum Gasteiger partial charge on any atom is 0.242 e. The molecule has 1 aliphatic heterocycles. The lowest BCUT2D eigenvalue weighted by atomic mass is 10.1. The van der Waals surface area contributed by atoms with Crippen molar-refractivity contribution in [2.75, 3.05) is 38.5 Å². The normalized spacial score (nSPS) is 17.4. The molecular weight excluding hydrogens is 493 g/mol. The predicted octanol–water partition coefficient (Wildman–Crippen LogP) is 3.32. The number of likely N-dealkylation sites (tertiary alicyclic amines) is 1. The van der Waals surface area contributed by atoms with Crippen LogP contribution in [0.3, 0.4) is 0 Å². The number of guanidine groups is 1. The zero-order valence-electron chi connectivity index (χ0n) is 19.1. The maximum absolute atomic E-state index is 12.2. The van der Waals surface area contributed by atoms with Gasteiger partial charge in [0.05, 0.1) is 6.10 Å². The second-order valence-electron chi connectivity index (χ2n) is 9.08. The summed E-state index contributed by atoms with van der Waals surface area (Å²) in [7, 11) is 2.14. The Morgan fingerprint density at radius 3 is 2.47 bits per heavy atom. The van der Waals surface area contributed by atoms with E-state index in [1.165, 1.54) is 6.42 Å². The first-order valence-corrected chi connectivity index (χ1v) is 10.4. The van der Waals surface area contributed by atoms with Crippen LogP contribution in [0, 0.1) is 5.92 Å². The third-order valence-corrected chi connectivity index (χ3v) is 4.43. The molecule has 1 aromatic rings. The van der Waals surface area contributed by atoms with Crippen molar-refractivity contribution in [3.05, 3.63) is 24.3 Å². The molecule has 0 bridgehead atoms. The number of rotatable bonds is 7. The fourth-order valence-corrected chi connectivity index (χ4v) is 3.21. The fourth-order valence-electron chi connectivity index (χ4n) is 3.21. The summed E-state index contributed by atoms with van der Waals surface area (Å²) in [5.41, 5.74) is 0.626. The van der Waals surface area contributed by atoms with Crippen molar-refractivity contribution >= 4 is 41.5 Å². The van der Waals surface area contributed by atoms with Crippen LogP contribution in [0.5, 0.6) is 5.75 Å². The van der Waals surface area contributed by atoms with Gasteiger partial charge in [0.1, 0.15) is 12.3 Å². The van der Waals surface area contributed by atoms with Crippen LogP contribution < -0.4 is 20.7 Å². The highest BCUT2D eigenvalue weighted by Crippen LogP contribution is 2.17. The highest BCUT2D eigenvalue weighted by molar-refractivity contribution is 14.0. The van der Waals surface area contributed by atoms with E-state index in [0.29, 0.717) is 11.9 Å². The third-order valence-electron chi connectivity index (χ3n) is 4.43. The number of hydrogen-bond donors (Lipinski definition) is 3. The second-order valence-corrected chi connectivity index (χ2v) is 9.08. The summed E-state index contributed by atoms with van der Waals surface area (Å²) in [5.74, 6) is 1.92. The molecule has 0 radical (unpaired) electrons. The molecule has 3 N–H and O–H groups in total. The van der Waals surface area contributed by atoms with Gasteiger partial charge in [-0.2, -0.15) is 0 Å². The zero-order valence-corrected chi connectivity index (χ0v) is 21.4. The first-order valence-electron chi connectivity index (χ1n) is 10.4. The van der Waals surface area contributed by atoms with E-state index in [1.54, 1.807) is 0 Å². The summed E-state index contributed by atoms with van der Waals surface area (Å²) in [5, 5.41) is 9.64. The van der Waals surface area contributed by atoms with Crippen LogP contribution >= 0.6 is 24.0 Å². The van der Waals surface area contributed by atoms with Gasteiger partial charge in [0, 0.05) is 24.3 Å². The van der Waals surface area contributed by atoms with Crippen LogP contribution in [0.25, 0.3) is 0 Å². The van der Waals surface area contributed by atoms with Crippen molar-refractivity contribution in [2.24, 2.45) is 10.9 Å². The van der Waals surface area contributed by atoms with E-state index in [4.69, 9.17) is 4.74 Å². The quantitative estimate of drug-likeness (QED) is 0.286. The van der Waals surface area contributed by atoms with E-state index < -0.39 is 0 Å². The van der Waals surface area contributed by atoms with E-state index in [9.17, 15) is 4.79 Å². The van der Waals surface area contributed by atoms with E-state index in [2.05, 4.69) is 32.9 Å². The van der Waals surface area contributed by atoms with E-state index in [-0.39, 0.29) is 48.1 Å². The Morgan fingerprint density at radius 2 is 1.93 bits per heavy atom. The standard InChI is InChI=1S/C22H37N5O2.HI/c1-16(2)29-19-9-7-18(8-10-19)25-21(23-13-17-11-12-27(6)15-17)24-14-20(28)26-22(3,4)5;/h7-10,16-17H,11-15H2,1-6H3,(H,26,28)(H2,23,24,25);1H. The molecule has 7 nitrogen and oxygen atoms in total. The molecule has 1 atom stereocenters. The number of amides is 1. The molecule has 1 aliphatic rings. The van der Waals surface area contributed by atoms with Crippen LogP contribution in [-0.4, -0.2) is 61.6 Å². The van der Waals surface area contributed by atoms with Crippen LogP contribution in [0.4, 0.5) is 5.69 Å². The molecule has 2 rings (SSSR count). The topological polar surface area (TPSA) is 78.0 Å². The summed E-state index contributed by atoms with van der Waals surface area (Å²) in [6.07, 6.45) is 1.31. The molecule has 1 aromatic carbocycles. The van der Waals surface area contributed by atoms with E-state index in [0.717, 1.165) is 31.1 Å². The van der Waals surface area contributed by atoms with Gasteiger partial charge in [0.15, 0.2) is 5.96 Å². The van der Waals surface area contributed by atoms with Gasteiger partial charge in [-0.3, -0.25) is 4.79 Å². The van der Waals surface area contributed by atoms with Crippen molar-refractivity contribution in [2.45, 2.75) is 52.7 Å². The van der Waals surface area contributed by atoms with Crippen molar-refractivity contribution < 1.29 is 9.53 Å². The van der Waals surface area contributed by atoms with Gasteiger partial charge in [-0.1, -0.05) is 0 Å². The number of hydrogen-bond acceptors (Lipinski definition) is 4. The smallest absolute Gasteiger partial charge is 0.242 e. The lowest BCUT2D eigenvalue weighted by Gasteiger charge is -2.20. The summed E-state index contributed by atoms with van der Waals surface area (Å²) >= 11 is 0. The Morgan fingerprint density at radius 1 is 1.27 bits per heavy atom. The monoisotopic (exact) mass is 531 g/mol. The van der Waals surface area contributed by atoms with E-state index in [1.807, 2.05) is 58.9 Å². The number of nitrogens with one attached hydrogen (secondary N) is 3. The lowest BCUT2D eigenvalue weighted by molar-refractivity contribution is -0.121. The van der Waals surface area contributed by atoms with Crippen LogP contribution in [0.2, 0.25) is 0 Å². The van der Waals surface area contributed by atoms with E-state index >= 15 is 0 Å². The van der Waals surface area contributed by atoms with Crippen molar-refractivity contribution in [3.8, 4) is 5.75 Å². The minimum Gasteiger partial charge on any atom is -0.491 e. The van der Waals surface area contributed by atoms with Gasteiger partial charge in [0.2, 0.25) is 5.91 Å².